The van der Waals surface area contributed by atoms with E-state index in [1.54, 1.807) is 23.0 Å². The summed E-state index contributed by atoms with van der Waals surface area (Å²) in [5, 5.41) is 7.76. The Hall–Kier alpha value is -1.73. The molecule has 1 amide bonds. The zero-order valence-corrected chi connectivity index (χ0v) is 14.0. The van der Waals surface area contributed by atoms with Crippen molar-refractivity contribution in [2.24, 2.45) is 11.8 Å². The molecule has 7 heteroatoms. The van der Waals surface area contributed by atoms with E-state index in [0.29, 0.717) is 27.7 Å². The van der Waals surface area contributed by atoms with Gasteiger partial charge in [-0.15, -0.1) is 0 Å². The van der Waals surface area contributed by atoms with E-state index in [-0.39, 0.29) is 11.7 Å². The highest BCUT2D eigenvalue weighted by Gasteiger charge is 2.39. The number of hydrogen-bond donors (Lipinski definition) is 1. The minimum atomic E-state index is -0.298. The van der Waals surface area contributed by atoms with E-state index in [4.69, 9.17) is 0 Å². The van der Waals surface area contributed by atoms with Crippen molar-refractivity contribution in [1.82, 2.24) is 20.0 Å². The second-order valence-corrected chi connectivity index (χ2v) is 6.99. The lowest BCUT2D eigenvalue weighted by atomic mass is 10.0. The molecule has 2 atom stereocenters. The van der Waals surface area contributed by atoms with Gasteiger partial charge in [-0.05, 0) is 52.0 Å². The smallest absolute Gasteiger partial charge is 0.275 e. The number of benzene rings is 1. The summed E-state index contributed by atoms with van der Waals surface area (Å²) in [7, 11) is 0. The number of amides is 1. The van der Waals surface area contributed by atoms with Crippen molar-refractivity contribution in [2.45, 2.75) is 0 Å². The van der Waals surface area contributed by atoms with E-state index in [1.807, 2.05) is 4.90 Å². The second kappa shape index (κ2) is 5.72. The fraction of sp³-hybridized carbons (Fsp3) is 0.375. The molecule has 0 saturated carbocycles. The maximum absolute atomic E-state index is 13.0. The SMILES string of the molecule is O=C(c1nn(-c2ccc(F)cc2)cc1Br)N1C[C@H]2CNC[C@H]2C1. The Balaban J connectivity index is 1.57. The Morgan fingerprint density at radius 3 is 2.52 bits per heavy atom. The molecule has 2 saturated heterocycles. The molecule has 2 aliphatic heterocycles. The van der Waals surface area contributed by atoms with E-state index >= 15 is 0 Å². The van der Waals surface area contributed by atoms with E-state index in [1.165, 1.54) is 12.1 Å². The lowest BCUT2D eigenvalue weighted by molar-refractivity contribution is 0.0774. The van der Waals surface area contributed by atoms with Crippen LogP contribution >= 0.6 is 15.9 Å². The van der Waals surface area contributed by atoms with Crippen LogP contribution in [-0.2, 0) is 0 Å². The topological polar surface area (TPSA) is 50.2 Å². The predicted molar refractivity (Wildman–Crippen MR) is 87.0 cm³/mol. The Bertz CT molecular complexity index is 733. The van der Waals surface area contributed by atoms with Gasteiger partial charge in [0.15, 0.2) is 5.69 Å². The number of rotatable bonds is 2. The van der Waals surface area contributed by atoms with Crippen LogP contribution in [0.1, 0.15) is 10.5 Å². The highest BCUT2D eigenvalue weighted by Crippen LogP contribution is 2.28. The van der Waals surface area contributed by atoms with E-state index in [0.717, 1.165) is 26.2 Å². The summed E-state index contributed by atoms with van der Waals surface area (Å²) in [6.45, 7) is 3.54. The normalized spacial score (nSPS) is 23.3. The molecule has 0 radical (unpaired) electrons. The molecule has 23 heavy (non-hydrogen) atoms. The second-order valence-electron chi connectivity index (χ2n) is 6.14. The van der Waals surface area contributed by atoms with Crippen molar-refractivity contribution in [2.75, 3.05) is 26.2 Å². The molecule has 1 N–H and O–H groups in total. The molecule has 3 heterocycles. The molecule has 2 aromatic rings. The standard InChI is InChI=1S/C16H16BrFN4O/c17-14-9-22(13-3-1-12(18)2-4-13)20-15(14)16(23)21-7-10-5-19-6-11(10)8-21/h1-4,9-11,19H,5-8H2/t10-,11+. The Morgan fingerprint density at radius 2 is 1.87 bits per heavy atom. The van der Waals surface area contributed by atoms with Gasteiger partial charge < -0.3 is 10.2 Å². The number of fused-ring (bicyclic) bond motifs is 1. The van der Waals surface area contributed by atoms with E-state index in [2.05, 4.69) is 26.3 Å². The van der Waals surface area contributed by atoms with Crippen LogP contribution in [0.15, 0.2) is 34.9 Å². The zero-order valence-electron chi connectivity index (χ0n) is 12.4. The number of likely N-dealkylation sites (tertiary alicyclic amines) is 1. The van der Waals surface area contributed by atoms with Gasteiger partial charge in [0.05, 0.1) is 10.2 Å². The highest BCUT2D eigenvalue weighted by atomic mass is 79.9. The number of nitrogens with one attached hydrogen (secondary N) is 1. The third-order valence-corrected chi connectivity index (χ3v) is 5.22. The number of hydrogen-bond acceptors (Lipinski definition) is 3. The van der Waals surface area contributed by atoms with Crippen LogP contribution in [-0.4, -0.2) is 46.8 Å². The Labute approximate surface area is 141 Å². The largest absolute Gasteiger partial charge is 0.337 e. The number of nitrogens with zero attached hydrogens (tertiary/aromatic N) is 3. The van der Waals surface area contributed by atoms with Crippen LogP contribution in [0.5, 0.6) is 0 Å². The first-order chi connectivity index (χ1) is 11.1. The van der Waals surface area contributed by atoms with Gasteiger partial charge in [0.2, 0.25) is 0 Å². The molecule has 1 aromatic carbocycles. The van der Waals surface area contributed by atoms with Crippen LogP contribution in [0.3, 0.4) is 0 Å². The number of carbonyl (C=O) groups excluding carboxylic acids is 1. The minimum Gasteiger partial charge on any atom is -0.337 e. The van der Waals surface area contributed by atoms with Crippen molar-refractivity contribution in [3.8, 4) is 5.69 Å². The highest BCUT2D eigenvalue weighted by molar-refractivity contribution is 9.10. The van der Waals surface area contributed by atoms with Crippen molar-refractivity contribution in [1.29, 1.82) is 0 Å². The van der Waals surface area contributed by atoms with Crippen molar-refractivity contribution >= 4 is 21.8 Å². The molecule has 2 fully saturated rings. The third kappa shape index (κ3) is 2.68. The maximum atomic E-state index is 13.0. The summed E-state index contributed by atoms with van der Waals surface area (Å²) in [5.74, 6) is 0.759. The summed E-state index contributed by atoms with van der Waals surface area (Å²) in [6, 6.07) is 6.02. The number of halogens is 2. The summed E-state index contributed by atoms with van der Waals surface area (Å²) in [4.78, 5) is 14.6. The predicted octanol–water partition coefficient (Wildman–Crippen LogP) is 2.07. The molecule has 1 aromatic heterocycles. The monoisotopic (exact) mass is 378 g/mol. The summed E-state index contributed by atoms with van der Waals surface area (Å²) in [6.07, 6.45) is 1.74. The van der Waals surface area contributed by atoms with Gasteiger partial charge in [-0.1, -0.05) is 0 Å². The summed E-state index contributed by atoms with van der Waals surface area (Å²) >= 11 is 3.42. The van der Waals surface area contributed by atoms with Crippen molar-refractivity contribution < 1.29 is 9.18 Å². The van der Waals surface area contributed by atoms with Gasteiger partial charge in [-0.3, -0.25) is 4.79 Å². The van der Waals surface area contributed by atoms with Crippen LogP contribution in [0.4, 0.5) is 4.39 Å². The molecule has 0 aliphatic carbocycles. The first-order valence-corrected chi connectivity index (χ1v) is 8.42. The number of aromatic nitrogens is 2. The minimum absolute atomic E-state index is 0.0489. The van der Waals surface area contributed by atoms with Gasteiger partial charge in [0.25, 0.3) is 5.91 Å². The van der Waals surface area contributed by atoms with Gasteiger partial charge in [0.1, 0.15) is 5.82 Å². The zero-order chi connectivity index (χ0) is 16.0. The molecule has 0 spiro atoms. The molecule has 120 valence electrons. The summed E-state index contributed by atoms with van der Waals surface area (Å²) < 4.78 is 15.3. The third-order valence-electron chi connectivity index (χ3n) is 4.64. The first-order valence-electron chi connectivity index (χ1n) is 7.63. The molecule has 5 nitrogen and oxygen atoms in total. The fourth-order valence-corrected chi connectivity index (χ4v) is 3.84. The average molecular weight is 379 g/mol. The van der Waals surface area contributed by atoms with Crippen LogP contribution < -0.4 is 5.32 Å². The Kier molecular flexibility index (Phi) is 3.69. The quantitative estimate of drug-likeness (QED) is 0.869. The molecule has 0 unspecified atom stereocenters. The molecule has 4 rings (SSSR count). The molecule has 0 bridgehead atoms. The molecule has 2 aliphatic rings. The van der Waals surface area contributed by atoms with Crippen LogP contribution in [0.25, 0.3) is 5.69 Å². The first kappa shape index (κ1) is 14.8. The van der Waals surface area contributed by atoms with Gasteiger partial charge >= 0.3 is 0 Å². The van der Waals surface area contributed by atoms with Gasteiger partial charge in [-0.2, -0.15) is 5.10 Å². The lowest BCUT2D eigenvalue weighted by Gasteiger charge is -2.16. The molecular formula is C16H16BrFN4O. The van der Waals surface area contributed by atoms with Gasteiger partial charge in [0, 0.05) is 32.4 Å². The molecular weight excluding hydrogens is 363 g/mol. The van der Waals surface area contributed by atoms with Gasteiger partial charge in [-0.25, -0.2) is 9.07 Å². The van der Waals surface area contributed by atoms with Crippen molar-refractivity contribution in [3.05, 3.63) is 46.4 Å². The van der Waals surface area contributed by atoms with E-state index in [9.17, 15) is 9.18 Å². The van der Waals surface area contributed by atoms with Crippen molar-refractivity contribution in [3.63, 3.8) is 0 Å². The Morgan fingerprint density at radius 1 is 1.22 bits per heavy atom. The van der Waals surface area contributed by atoms with Crippen LogP contribution in [0.2, 0.25) is 0 Å². The average Bonchev–Trinajstić information content (AvgIpc) is 3.21. The maximum Gasteiger partial charge on any atom is 0.275 e. The van der Waals surface area contributed by atoms with E-state index < -0.39 is 0 Å². The fourth-order valence-electron chi connectivity index (χ4n) is 3.39. The van der Waals surface area contributed by atoms with Crippen LogP contribution in [0, 0.1) is 17.7 Å². The summed E-state index contributed by atoms with van der Waals surface area (Å²) in [5.41, 5.74) is 1.12. The number of carbonyl (C=O) groups is 1. The lowest BCUT2D eigenvalue weighted by Crippen LogP contribution is -2.32.